The maximum Gasteiger partial charge on any atom is 0.0557 e. The lowest BCUT2D eigenvalue weighted by Crippen LogP contribution is -1.83. The van der Waals surface area contributed by atoms with Crippen molar-refractivity contribution in [1.29, 1.82) is 0 Å². The van der Waals surface area contributed by atoms with Gasteiger partial charge in [0.2, 0.25) is 0 Å². The molecule has 0 nitrogen and oxygen atoms in total. The van der Waals surface area contributed by atoms with Crippen LogP contribution in [-0.4, -0.2) is 0 Å². The van der Waals surface area contributed by atoms with Gasteiger partial charge < -0.3 is 0 Å². The molecule has 59 valence electrons. The molecule has 0 fully saturated rings. The fourth-order valence-corrected chi connectivity index (χ4v) is 1.60. The molecule has 1 radical (unpaired) electrons. The topological polar surface area (TPSA) is 0 Å². The predicted octanol–water partition coefficient (Wildman–Crippen LogP) is 3.97. The first-order valence-electron chi connectivity index (χ1n) is 3.08. The van der Waals surface area contributed by atoms with E-state index in [4.69, 9.17) is 23.2 Å². The minimum Gasteiger partial charge on any atom is -0.0831 e. The molecule has 1 aromatic carbocycles. The van der Waals surface area contributed by atoms with Crippen molar-refractivity contribution in [1.82, 2.24) is 0 Å². The minimum atomic E-state index is 0.705. The highest BCUT2D eigenvalue weighted by Gasteiger charge is 2.03. The molecule has 0 spiro atoms. The third-order valence-electron chi connectivity index (χ3n) is 1.33. The van der Waals surface area contributed by atoms with Crippen molar-refractivity contribution in [3.8, 4) is 0 Å². The highest BCUT2D eigenvalue weighted by atomic mass is 127. The van der Waals surface area contributed by atoms with Crippen LogP contribution in [0.15, 0.2) is 12.1 Å². The summed E-state index contributed by atoms with van der Waals surface area (Å²) in [6, 6.07) is 3.78. The SMILES string of the molecule is [CH2]Cc1cc(Cl)c(I)c(Cl)c1. The predicted molar refractivity (Wildman–Crippen MR) is 58.2 cm³/mol. The summed E-state index contributed by atoms with van der Waals surface area (Å²) in [4.78, 5) is 0. The molecule has 0 aromatic heterocycles. The number of rotatable bonds is 1. The average molecular weight is 300 g/mol. The summed E-state index contributed by atoms with van der Waals surface area (Å²) < 4.78 is 0.906. The van der Waals surface area contributed by atoms with E-state index >= 15 is 0 Å². The van der Waals surface area contributed by atoms with Crippen molar-refractivity contribution in [2.75, 3.05) is 0 Å². The van der Waals surface area contributed by atoms with Gasteiger partial charge in [-0.15, -0.1) is 0 Å². The van der Waals surface area contributed by atoms with Crippen molar-refractivity contribution in [3.63, 3.8) is 0 Å². The van der Waals surface area contributed by atoms with Gasteiger partial charge in [0.1, 0.15) is 0 Å². The van der Waals surface area contributed by atoms with Crippen LogP contribution in [-0.2, 0) is 6.42 Å². The van der Waals surface area contributed by atoms with Gasteiger partial charge in [0.05, 0.1) is 13.6 Å². The highest BCUT2D eigenvalue weighted by Crippen LogP contribution is 2.27. The smallest absolute Gasteiger partial charge is 0.0557 e. The van der Waals surface area contributed by atoms with Gasteiger partial charge in [0.25, 0.3) is 0 Å². The molecular weight excluding hydrogens is 294 g/mol. The number of halogens is 3. The third kappa shape index (κ3) is 2.23. The molecule has 11 heavy (non-hydrogen) atoms. The molecular formula is C8H6Cl2I. The fourth-order valence-electron chi connectivity index (χ4n) is 0.752. The Labute approximate surface area is 90.0 Å². The zero-order chi connectivity index (χ0) is 8.43. The van der Waals surface area contributed by atoms with E-state index in [1.807, 2.05) is 12.1 Å². The van der Waals surface area contributed by atoms with Gasteiger partial charge in [-0.3, -0.25) is 0 Å². The Morgan fingerprint density at radius 1 is 1.27 bits per heavy atom. The van der Waals surface area contributed by atoms with E-state index in [1.54, 1.807) is 0 Å². The molecule has 0 atom stereocenters. The lowest BCUT2D eigenvalue weighted by atomic mass is 10.2. The van der Waals surface area contributed by atoms with Crippen LogP contribution in [0.2, 0.25) is 10.0 Å². The fraction of sp³-hybridized carbons (Fsp3) is 0.125. The lowest BCUT2D eigenvalue weighted by molar-refractivity contribution is 1.27. The van der Waals surface area contributed by atoms with Crippen LogP contribution in [0, 0.1) is 10.5 Å². The van der Waals surface area contributed by atoms with Crippen molar-refractivity contribution < 1.29 is 0 Å². The summed E-state index contributed by atoms with van der Waals surface area (Å²) in [6.45, 7) is 3.75. The molecule has 3 heteroatoms. The molecule has 0 saturated heterocycles. The molecule has 0 aliphatic heterocycles. The maximum absolute atomic E-state index is 5.88. The highest BCUT2D eigenvalue weighted by molar-refractivity contribution is 14.1. The molecule has 1 aromatic rings. The second kappa shape index (κ2) is 3.97. The maximum atomic E-state index is 5.88. The second-order valence-corrected chi connectivity index (χ2v) is 4.02. The average Bonchev–Trinajstić information content (AvgIpc) is 1.99. The van der Waals surface area contributed by atoms with E-state index in [9.17, 15) is 0 Å². The van der Waals surface area contributed by atoms with Gasteiger partial charge in [-0.2, -0.15) is 0 Å². The van der Waals surface area contributed by atoms with Crippen molar-refractivity contribution in [2.45, 2.75) is 6.42 Å². The van der Waals surface area contributed by atoms with E-state index in [0.717, 1.165) is 15.6 Å². The summed E-state index contributed by atoms with van der Waals surface area (Å²) in [6.07, 6.45) is 0.719. The monoisotopic (exact) mass is 299 g/mol. The molecule has 0 aliphatic carbocycles. The van der Waals surface area contributed by atoms with Gasteiger partial charge in [0.15, 0.2) is 0 Å². The molecule has 0 N–H and O–H groups in total. The molecule has 1 rings (SSSR count). The van der Waals surface area contributed by atoms with E-state index in [0.29, 0.717) is 10.0 Å². The number of hydrogen-bond donors (Lipinski definition) is 0. The summed E-state index contributed by atoms with van der Waals surface area (Å²) in [5.74, 6) is 0. The first-order valence-corrected chi connectivity index (χ1v) is 4.91. The van der Waals surface area contributed by atoms with E-state index in [2.05, 4.69) is 29.5 Å². The van der Waals surface area contributed by atoms with Gasteiger partial charge >= 0.3 is 0 Å². The van der Waals surface area contributed by atoms with E-state index < -0.39 is 0 Å². The van der Waals surface area contributed by atoms with Crippen LogP contribution in [0.4, 0.5) is 0 Å². The molecule has 0 bridgehead atoms. The molecule has 0 unspecified atom stereocenters. The Kier molecular flexibility index (Phi) is 3.47. The van der Waals surface area contributed by atoms with Crippen LogP contribution in [0.1, 0.15) is 5.56 Å². The summed E-state index contributed by atoms with van der Waals surface area (Å²) in [7, 11) is 0. The number of hydrogen-bond acceptors (Lipinski definition) is 0. The van der Waals surface area contributed by atoms with Crippen molar-refractivity contribution in [2.24, 2.45) is 0 Å². The minimum absolute atomic E-state index is 0.705. The Bertz CT molecular complexity index is 248. The van der Waals surface area contributed by atoms with Crippen LogP contribution in [0.5, 0.6) is 0 Å². The Morgan fingerprint density at radius 3 is 2.09 bits per heavy atom. The normalized spacial score (nSPS) is 10.2. The second-order valence-electron chi connectivity index (χ2n) is 2.12. The first kappa shape index (κ1) is 9.62. The summed E-state index contributed by atoms with van der Waals surface area (Å²) in [5.41, 5.74) is 1.07. The van der Waals surface area contributed by atoms with Gasteiger partial charge in [-0.05, 0) is 53.6 Å². The zero-order valence-corrected chi connectivity index (χ0v) is 9.37. The van der Waals surface area contributed by atoms with Crippen LogP contribution in [0.25, 0.3) is 0 Å². The van der Waals surface area contributed by atoms with Crippen LogP contribution in [0.3, 0.4) is 0 Å². The molecule has 0 heterocycles. The Morgan fingerprint density at radius 2 is 1.73 bits per heavy atom. The zero-order valence-electron chi connectivity index (χ0n) is 5.70. The van der Waals surface area contributed by atoms with Crippen LogP contribution < -0.4 is 0 Å². The first-order chi connectivity index (χ1) is 5.15. The largest absolute Gasteiger partial charge is 0.0831 e. The lowest BCUT2D eigenvalue weighted by Gasteiger charge is -2.02. The van der Waals surface area contributed by atoms with Crippen molar-refractivity contribution in [3.05, 3.63) is 38.2 Å². The van der Waals surface area contributed by atoms with E-state index in [1.165, 1.54) is 0 Å². The van der Waals surface area contributed by atoms with Gasteiger partial charge in [0, 0.05) is 0 Å². The molecule has 0 amide bonds. The quantitative estimate of drug-likeness (QED) is 0.544. The Hall–Kier alpha value is 0.530. The van der Waals surface area contributed by atoms with Gasteiger partial charge in [-0.1, -0.05) is 23.2 Å². The van der Waals surface area contributed by atoms with E-state index in [-0.39, 0.29) is 0 Å². The molecule has 0 aliphatic rings. The van der Waals surface area contributed by atoms with Crippen molar-refractivity contribution >= 4 is 45.8 Å². The molecule has 0 saturated carbocycles. The summed E-state index contributed by atoms with van der Waals surface area (Å²) >= 11 is 13.9. The van der Waals surface area contributed by atoms with Gasteiger partial charge in [-0.25, -0.2) is 0 Å². The standard InChI is InChI=1S/C8H6Cl2I/c1-2-5-3-6(9)8(11)7(10)4-5/h3-4H,1-2H2. The van der Waals surface area contributed by atoms with Crippen LogP contribution >= 0.6 is 45.8 Å². The summed E-state index contributed by atoms with van der Waals surface area (Å²) in [5, 5.41) is 1.41. The third-order valence-corrected chi connectivity index (χ3v) is 3.73. The number of benzene rings is 1. The Balaban J connectivity index is 3.21.